The molecule has 0 aliphatic carbocycles. The summed E-state index contributed by atoms with van der Waals surface area (Å²) in [5.41, 5.74) is 1.58. The van der Waals surface area contributed by atoms with E-state index in [1.54, 1.807) is 32.2 Å². The second-order valence-electron chi connectivity index (χ2n) is 9.85. The van der Waals surface area contributed by atoms with Gasteiger partial charge < -0.3 is 14.6 Å². The number of aromatic nitrogens is 4. The predicted molar refractivity (Wildman–Crippen MR) is 139 cm³/mol. The Kier molecular flexibility index (Phi) is 8.68. The van der Waals surface area contributed by atoms with Crippen molar-refractivity contribution in [3.05, 3.63) is 29.8 Å². The zero-order chi connectivity index (χ0) is 26.4. The van der Waals surface area contributed by atoms with Gasteiger partial charge in [-0.15, -0.1) is 10.2 Å². The van der Waals surface area contributed by atoms with E-state index >= 15 is 0 Å². The second-order valence-corrected chi connectivity index (χ2v) is 9.85. The van der Waals surface area contributed by atoms with Gasteiger partial charge in [-0.25, -0.2) is 0 Å². The zero-order valence-electron chi connectivity index (χ0n) is 22.0. The van der Waals surface area contributed by atoms with E-state index in [2.05, 4.69) is 20.6 Å². The molecule has 2 amide bonds. The van der Waals surface area contributed by atoms with Crippen molar-refractivity contribution in [1.29, 1.82) is 0 Å². The van der Waals surface area contributed by atoms with Crippen LogP contribution in [0.5, 0.6) is 0 Å². The number of nitrogens with one attached hydrogen (secondary N) is 1. The van der Waals surface area contributed by atoms with Crippen molar-refractivity contribution in [2.45, 2.75) is 84.2 Å². The normalized spacial score (nSPS) is 17.9. The Morgan fingerprint density at radius 2 is 1.78 bits per heavy atom. The Labute approximate surface area is 216 Å². The molecule has 0 spiro atoms. The third-order valence-corrected chi connectivity index (χ3v) is 7.01. The van der Waals surface area contributed by atoms with Crippen LogP contribution >= 0.6 is 0 Å². The van der Waals surface area contributed by atoms with Crippen molar-refractivity contribution >= 4 is 28.5 Å². The maximum Gasteiger partial charge on any atom is 0.247 e. The summed E-state index contributed by atoms with van der Waals surface area (Å²) >= 11 is 0. The van der Waals surface area contributed by atoms with Crippen LogP contribution in [0.3, 0.4) is 0 Å². The van der Waals surface area contributed by atoms with E-state index in [9.17, 15) is 14.4 Å². The molecule has 198 valence electrons. The molecule has 3 aromatic rings. The Bertz CT molecular complexity index is 1260. The topological polar surface area (TPSA) is 123 Å². The summed E-state index contributed by atoms with van der Waals surface area (Å²) in [7, 11) is 1.68. The molecule has 1 N–H and O–H groups in total. The maximum atomic E-state index is 13.4. The van der Waals surface area contributed by atoms with Crippen LogP contribution in [-0.4, -0.2) is 62.1 Å². The molecule has 1 saturated heterocycles. The summed E-state index contributed by atoms with van der Waals surface area (Å²) in [4.78, 5) is 40.3. The van der Waals surface area contributed by atoms with Crippen LogP contribution in [0.15, 0.2) is 22.6 Å². The highest BCUT2D eigenvalue weighted by atomic mass is 16.4. The Balaban J connectivity index is 1.55. The first kappa shape index (κ1) is 26.5. The van der Waals surface area contributed by atoms with Gasteiger partial charge in [0.25, 0.3) is 0 Å². The summed E-state index contributed by atoms with van der Waals surface area (Å²) in [6, 6.07) is 4.84. The summed E-state index contributed by atoms with van der Waals surface area (Å²) < 4.78 is 7.06. The molecular weight excluding hydrogens is 472 g/mol. The van der Waals surface area contributed by atoms with Gasteiger partial charge >= 0.3 is 0 Å². The molecule has 1 fully saturated rings. The molecule has 37 heavy (non-hydrogen) atoms. The number of aryl methyl sites for hydroxylation is 1. The smallest absolute Gasteiger partial charge is 0.247 e. The van der Waals surface area contributed by atoms with Gasteiger partial charge in [-0.2, -0.15) is 5.10 Å². The lowest BCUT2D eigenvalue weighted by Crippen LogP contribution is -2.48. The van der Waals surface area contributed by atoms with E-state index in [1.807, 2.05) is 0 Å². The molecule has 4 rings (SSSR count). The third-order valence-electron chi connectivity index (χ3n) is 7.01. The van der Waals surface area contributed by atoms with Crippen LogP contribution in [0.1, 0.15) is 81.1 Å². The molecule has 3 heterocycles. The number of fused-ring (bicyclic) bond motifs is 1. The molecule has 0 radical (unpaired) electrons. The van der Waals surface area contributed by atoms with E-state index in [0.717, 1.165) is 32.1 Å². The number of rotatable bonds is 5. The van der Waals surface area contributed by atoms with E-state index in [-0.39, 0.29) is 29.8 Å². The second kappa shape index (κ2) is 12.1. The molecule has 1 atom stereocenters. The third kappa shape index (κ3) is 6.42. The fraction of sp³-hybridized carbons (Fsp3) is 0.556. The van der Waals surface area contributed by atoms with Gasteiger partial charge in [-0.1, -0.05) is 44.9 Å². The number of ketones is 1. The lowest BCUT2D eigenvalue weighted by atomic mass is 10.0. The molecule has 10 heteroatoms. The highest BCUT2D eigenvalue weighted by molar-refractivity contribution is 6.06. The number of carbonyl (C=O) groups is 3. The molecule has 1 unspecified atom stereocenters. The fourth-order valence-corrected chi connectivity index (χ4v) is 4.87. The number of nitrogens with zero attached hydrogens (tertiary/aromatic N) is 5. The molecule has 1 aromatic carbocycles. The van der Waals surface area contributed by atoms with Crippen LogP contribution in [0, 0.1) is 6.92 Å². The van der Waals surface area contributed by atoms with Crippen molar-refractivity contribution in [3.8, 4) is 11.5 Å². The number of amides is 2. The van der Waals surface area contributed by atoms with Gasteiger partial charge in [0.2, 0.25) is 23.6 Å². The van der Waals surface area contributed by atoms with Crippen molar-refractivity contribution in [2.75, 3.05) is 13.6 Å². The van der Waals surface area contributed by atoms with E-state index in [1.165, 1.54) is 35.8 Å². The van der Waals surface area contributed by atoms with Gasteiger partial charge in [-0.05, 0) is 31.0 Å². The van der Waals surface area contributed by atoms with Gasteiger partial charge in [0.15, 0.2) is 5.78 Å². The minimum Gasteiger partial charge on any atom is -0.421 e. The quantitative estimate of drug-likeness (QED) is 0.515. The van der Waals surface area contributed by atoms with Gasteiger partial charge in [0.1, 0.15) is 18.3 Å². The lowest BCUT2D eigenvalue weighted by molar-refractivity contribution is -0.139. The first-order chi connectivity index (χ1) is 17.8. The van der Waals surface area contributed by atoms with E-state index in [4.69, 9.17) is 4.42 Å². The maximum absolute atomic E-state index is 13.4. The largest absolute Gasteiger partial charge is 0.421 e. The zero-order valence-corrected chi connectivity index (χ0v) is 22.0. The van der Waals surface area contributed by atoms with Crippen LogP contribution in [0.25, 0.3) is 22.4 Å². The highest BCUT2D eigenvalue weighted by Gasteiger charge is 2.27. The molecule has 1 aliphatic heterocycles. The van der Waals surface area contributed by atoms with Crippen molar-refractivity contribution in [2.24, 2.45) is 0 Å². The average molecular weight is 509 g/mol. The minimum absolute atomic E-state index is 0.0803. The number of benzene rings is 1. The molecule has 0 saturated carbocycles. The predicted octanol–water partition coefficient (Wildman–Crippen LogP) is 4.07. The summed E-state index contributed by atoms with van der Waals surface area (Å²) in [6.45, 7) is 3.70. The Morgan fingerprint density at radius 3 is 2.46 bits per heavy atom. The summed E-state index contributed by atoms with van der Waals surface area (Å²) in [5, 5.41) is 16.0. The minimum atomic E-state index is -0.533. The van der Waals surface area contributed by atoms with Crippen LogP contribution < -0.4 is 5.32 Å². The number of hydrogen-bond donors (Lipinski definition) is 1. The SMILES string of the molecule is CC(=O)c1nn(CC(=O)N(C)C2CCCCCCCCCCNC2=O)c2ccc(-c3nnc(C)o3)cc12. The number of hydrogen-bond acceptors (Lipinski definition) is 7. The first-order valence-corrected chi connectivity index (χ1v) is 13.2. The number of carbonyl (C=O) groups excluding carboxylic acids is 3. The monoisotopic (exact) mass is 508 g/mol. The first-order valence-electron chi connectivity index (χ1n) is 13.2. The van der Waals surface area contributed by atoms with Crippen LogP contribution in [0.2, 0.25) is 0 Å². The van der Waals surface area contributed by atoms with Crippen molar-refractivity contribution in [3.63, 3.8) is 0 Å². The Morgan fingerprint density at radius 1 is 1.08 bits per heavy atom. The number of Topliss-reactive ketones (excluding diaryl/α,β-unsaturated/α-hetero) is 1. The van der Waals surface area contributed by atoms with Gasteiger partial charge in [0.05, 0.1) is 5.52 Å². The highest BCUT2D eigenvalue weighted by Crippen LogP contribution is 2.27. The molecule has 10 nitrogen and oxygen atoms in total. The van der Waals surface area contributed by atoms with Crippen LogP contribution in [0.4, 0.5) is 0 Å². The van der Waals surface area contributed by atoms with Crippen molar-refractivity contribution < 1.29 is 18.8 Å². The van der Waals surface area contributed by atoms with Crippen LogP contribution in [-0.2, 0) is 16.1 Å². The van der Waals surface area contributed by atoms with Crippen molar-refractivity contribution in [1.82, 2.24) is 30.2 Å². The average Bonchev–Trinajstić information content (AvgIpc) is 3.47. The standard InChI is InChI=1S/C27H36N6O4/c1-18(34)25-21-16-20(27-30-29-19(2)37-27)13-14-22(21)33(31-25)17-24(35)32(3)23-12-10-8-6-4-5-7-9-11-15-28-26(23)36/h13-14,16,23H,4-12,15,17H2,1-3H3,(H,28,36). The fourth-order valence-electron chi connectivity index (χ4n) is 4.87. The van der Waals surface area contributed by atoms with Gasteiger partial charge in [-0.3, -0.25) is 19.1 Å². The molecule has 2 aromatic heterocycles. The summed E-state index contributed by atoms with van der Waals surface area (Å²) in [5.74, 6) is 0.238. The molecular formula is C27H36N6O4. The number of likely N-dealkylation sites (N-methyl/N-ethyl adjacent to an activating group) is 1. The van der Waals surface area contributed by atoms with E-state index < -0.39 is 6.04 Å². The van der Waals surface area contributed by atoms with E-state index in [0.29, 0.717) is 41.2 Å². The lowest BCUT2D eigenvalue weighted by Gasteiger charge is -2.27. The Hall–Kier alpha value is -3.56. The summed E-state index contributed by atoms with van der Waals surface area (Å²) in [6.07, 6.45) is 9.46. The molecule has 0 bridgehead atoms. The molecule has 1 aliphatic rings. The van der Waals surface area contributed by atoms with Gasteiger partial charge in [0, 0.05) is 38.4 Å².